The van der Waals surface area contributed by atoms with Crippen molar-refractivity contribution < 1.29 is 9.47 Å². The first-order valence-corrected chi connectivity index (χ1v) is 13.7. The summed E-state index contributed by atoms with van der Waals surface area (Å²) in [4.78, 5) is 0. The van der Waals surface area contributed by atoms with E-state index in [0.29, 0.717) is 5.92 Å². The third-order valence-corrected chi connectivity index (χ3v) is 8.30. The number of fused-ring (bicyclic) bond motifs is 6. The largest absolute Gasteiger partial charge is 0.366 e. The first-order valence-electron chi connectivity index (χ1n) is 13.7. The van der Waals surface area contributed by atoms with E-state index in [2.05, 4.69) is 120 Å². The maximum atomic E-state index is 6.69. The molecule has 6 rings (SSSR count). The monoisotopic (exact) mass is 488 g/mol. The van der Waals surface area contributed by atoms with Crippen LogP contribution in [0.1, 0.15) is 75.5 Å². The van der Waals surface area contributed by atoms with Gasteiger partial charge in [-0.05, 0) is 94.0 Å². The summed E-state index contributed by atoms with van der Waals surface area (Å²) in [6.45, 7) is 11.0. The molecule has 0 fully saturated rings. The van der Waals surface area contributed by atoms with Gasteiger partial charge in [-0.2, -0.15) is 0 Å². The molecule has 0 bridgehead atoms. The lowest BCUT2D eigenvalue weighted by molar-refractivity contribution is -0.00438. The van der Waals surface area contributed by atoms with Crippen molar-refractivity contribution >= 4 is 0 Å². The zero-order valence-corrected chi connectivity index (χ0v) is 22.5. The minimum atomic E-state index is -0.0382. The first-order chi connectivity index (χ1) is 18.0. The molecule has 0 heterocycles. The van der Waals surface area contributed by atoms with Gasteiger partial charge in [-0.25, -0.2) is 0 Å². The van der Waals surface area contributed by atoms with Crippen LogP contribution in [0.2, 0.25) is 0 Å². The van der Waals surface area contributed by atoms with Crippen LogP contribution in [-0.4, -0.2) is 12.2 Å². The molecule has 4 aromatic rings. The van der Waals surface area contributed by atoms with Crippen LogP contribution in [0.3, 0.4) is 0 Å². The number of hydrogen-bond donors (Lipinski definition) is 0. The van der Waals surface area contributed by atoms with Gasteiger partial charge in [0.15, 0.2) is 0 Å². The van der Waals surface area contributed by atoms with Crippen molar-refractivity contribution in [3.8, 4) is 33.4 Å². The Morgan fingerprint density at radius 2 is 1.03 bits per heavy atom. The van der Waals surface area contributed by atoms with Crippen molar-refractivity contribution in [2.75, 3.05) is 0 Å². The van der Waals surface area contributed by atoms with Crippen LogP contribution in [0.5, 0.6) is 0 Å². The van der Waals surface area contributed by atoms with Gasteiger partial charge in [0.2, 0.25) is 0 Å². The summed E-state index contributed by atoms with van der Waals surface area (Å²) in [5, 5.41) is 0. The van der Waals surface area contributed by atoms with Crippen molar-refractivity contribution in [2.24, 2.45) is 5.92 Å². The lowest BCUT2D eigenvalue weighted by Crippen LogP contribution is -2.18. The lowest BCUT2D eigenvalue weighted by Gasteiger charge is -2.23. The first kappa shape index (κ1) is 24.2. The molecule has 0 saturated carbocycles. The Bertz CT molecular complexity index is 1450. The van der Waals surface area contributed by atoms with Gasteiger partial charge in [-0.15, -0.1) is 0 Å². The highest BCUT2D eigenvalue weighted by Crippen LogP contribution is 2.49. The van der Waals surface area contributed by atoms with Crippen molar-refractivity contribution in [1.82, 2.24) is 0 Å². The Morgan fingerprint density at radius 3 is 1.51 bits per heavy atom. The molecule has 0 N–H and O–H groups in total. The fourth-order valence-corrected chi connectivity index (χ4v) is 5.68. The molecule has 0 radical (unpaired) electrons. The molecule has 2 aliphatic carbocycles. The fourth-order valence-electron chi connectivity index (χ4n) is 5.68. The second-order valence-electron chi connectivity index (χ2n) is 11.0. The van der Waals surface area contributed by atoms with E-state index in [9.17, 15) is 0 Å². The summed E-state index contributed by atoms with van der Waals surface area (Å²) >= 11 is 0. The van der Waals surface area contributed by atoms with E-state index in [1.165, 1.54) is 55.6 Å². The highest BCUT2D eigenvalue weighted by molar-refractivity contribution is 5.84. The van der Waals surface area contributed by atoms with Crippen LogP contribution >= 0.6 is 0 Å². The van der Waals surface area contributed by atoms with Crippen molar-refractivity contribution in [1.29, 1.82) is 0 Å². The fraction of sp³-hybridized carbons (Fsp3) is 0.314. The summed E-state index contributed by atoms with van der Waals surface area (Å²) in [5.41, 5.74) is 12.7. The average molecular weight is 489 g/mol. The summed E-state index contributed by atoms with van der Waals surface area (Å²) in [5.74, 6) is 0.459. The summed E-state index contributed by atoms with van der Waals surface area (Å²) in [7, 11) is 0. The third kappa shape index (κ3) is 4.13. The lowest BCUT2D eigenvalue weighted by atomic mass is 9.95. The molecule has 0 saturated heterocycles. The van der Waals surface area contributed by atoms with Gasteiger partial charge in [0.1, 0.15) is 12.2 Å². The van der Waals surface area contributed by atoms with Crippen molar-refractivity contribution in [2.45, 2.75) is 65.5 Å². The van der Waals surface area contributed by atoms with Gasteiger partial charge >= 0.3 is 0 Å². The molecule has 0 spiro atoms. The van der Waals surface area contributed by atoms with E-state index in [4.69, 9.17) is 9.47 Å². The second kappa shape index (κ2) is 9.59. The van der Waals surface area contributed by atoms with Gasteiger partial charge in [0.05, 0.1) is 12.2 Å². The Balaban J connectivity index is 1.42. The molecule has 0 aromatic heterocycles. The van der Waals surface area contributed by atoms with E-state index < -0.39 is 0 Å². The van der Waals surface area contributed by atoms with Crippen LogP contribution in [0.4, 0.5) is 0 Å². The van der Waals surface area contributed by atoms with E-state index in [0.717, 1.165) is 6.42 Å². The molecule has 2 heteroatoms. The standard InChI is InChI=1S/C35H36O2/c1-6-22(4)36-34-30-13-9-7-11-26(30)28-17-15-24(19-32(28)34)25-16-18-29-27-12-8-10-14-31(27)35(33(29)20-25)37-23(5)21(2)3/h7-23,34-35H,6H2,1-5H3. The predicted molar refractivity (Wildman–Crippen MR) is 153 cm³/mol. The average Bonchev–Trinajstić information content (AvgIpc) is 3.40. The molecule has 4 aromatic carbocycles. The maximum Gasteiger partial charge on any atom is 0.109 e. The topological polar surface area (TPSA) is 18.5 Å². The molecule has 0 aliphatic heterocycles. The number of rotatable bonds is 7. The van der Waals surface area contributed by atoms with Crippen LogP contribution in [0.25, 0.3) is 33.4 Å². The highest BCUT2D eigenvalue weighted by atomic mass is 16.5. The number of hydrogen-bond acceptors (Lipinski definition) is 2. The van der Waals surface area contributed by atoms with Crippen LogP contribution < -0.4 is 0 Å². The number of benzene rings is 4. The molecule has 2 nitrogen and oxygen atoms in total. The quantitative estimate of drug-likeness (QED) is 0.258. The summed E-state index contributed by atoms with van der Waals surface area (Å²) < 4.78 is 13.3. The van der Waals surface area contributed by atoms with E-state index in [1.807, 2.05) is 0 Å². The maximum absolute atomic E-state index is 6.69. The molecule has 188 valence electrons. The zero-order chi connectivity index (χ0) is 25.7. The van der Waals surface area contributed by atoms with Gasteiger partial charge in [0, 0.05) is 0 Å². The SMILES string of the molecule is CCC(C)OC1c2ccccc2-c2ccc(-c3ccc4c(c3)C(OC(C)C(C)C)c3ccccc3-4)cc21. The molecular formula is C35H36O2. The molecule has 4 atom stereocenters. The number of ether oxygens (including phenoxy) is 2. The molecule has 37 heavy (non-hydrogen) atoms. The van der Waals surface area contributed by atoms with Gasteiger partial charge < -0.3 is 9.47 Å². The Morgan fingerprint density at radius 1 is 0.568 bits per heavy atom. The van der Waals surface area contributed by atoms with Crippen LogP contribution in [0, 0.1) is 5.92 Å². The normalized spacial score (nSPS) is 18.8. The minimum absolute atomic E-state index is 0.0252. The third-order valence-electron chi connectivity index (χ3n) is 8.30. The Hall–Kier alpha value is -3.20. The van der Waals surface area contributed by atoms with E-state index >= 15 is 0 Å². The van der Waals surface area contributed by atoms with Gasteiger partial charge in [-0.3, -0.25) is 0 Å². The van der Waals surface area contributed by atoms with Gasteiger partial charge in [-0.1, -0.05) is 93.6 Å². The molecule has 4 unspecified atom stereocenters. The van der Waals surface area contributed by atoms with Gasteiger partial charge in [0.25, 0.3) is 0 Å². The second-order valence-corrected chi connectivity index (χ2v) is 11.0. The highest BCUT2D eigenvalue weighted by Gasteiger charge is 2.33. The van der Waals surface area contributed by atoms with Crippen LogP contribution in [0.15, 0.2) is 84.9 Å². The summed E-state index contributed by atoms with van der Waals surface area (Å²) in [6, 6.07) is 31.1. The smallest absolute Gasteiger partial charge is 0.109 e. The predicted octanol–water partition coefficient (Wildman–Crippen LogP) is 9.37. The molecular weight excluding hydrogens is 452 g/mol. The van der Waals surface area contributed by atoms with E-state index in [-0.39, 0.29) is 24.4 Å². The van der Waals surface area contributed by atoms with E-state index in [1.54, 1.807) is 0 Å². The minimum Gasteiger partial charge on any atom is -0.366 e. The zero-order valence-electron chi connectivity index (χ0n) is 22.5. The van der Waals surface area contributed by atoms with Crippen molar-refractivity contribution in [3.05, 3.63) is 107 Å². The molecule has 2 aliphatic rings. The molecule has 0 amide bonds. The summed E-state index contributed by atoms with van der Waals surface area (Å²) in [6.07, 6.45) is 1.30. The van der Waals surface area contributed by atoms with Crippen LogP contribution in [-0.2, 0) is 9.47 Å². The van der Waals surface area contributed by atoms with Crippen molar-refractivity contribution in [3.63, 3.8) is 0 Å². The Kier molecular flexibility index (Phi) is 6.26. The Labute approximate surface area is 221 Å².